The van der Waals surface area contributed by atoms with Crippen LogP contribution in [0.1, 0.15) is 98.8 Å². The van der Waals surface area contributed by atoms with Crippen molar-refractivity contribution in [2.75, 3.05) is 0 Å². The molecule has 1 heterocycles. The van der Waals surface area contributed by atoms with E-state index < -0.39 is 0 Å². The predicted molar refractivity (Wildman–Crippen MR) is 119 cm³/mol. The van der Waals surface area contributed by atoms with Gasteiger partial charge in [0.15, 0.2) is 0 Å². The number of hydrogen-bond acceptors (Lipinski definition) is 2. The van der Waals surface area contributed by atoms with E-state index in [0.29, 0.717) is 29.0 Å². The van der Waals surface area contributed by atoms with E-state index in [0.717, 1.165) is 48.3 Å². The lowest BCUT2D eigenvalue weighted by Crippen LogP contribution is -2.57. The van der Waals surface area contributed by atoms with Gasteiger partial charge in [0.05, 0.1) is 18.3 Å². The van der Waals surface area contributed by atoms with Crippen molar-refractivity contribution >= 4 is 0 Å². The van der Waals surface area contributed by atoms with Gasteiger partial charge < -0.3 is 9.84 Å². The summed E-state index contributed by atoms with van der Waals surface area (Å²) in [6.07, 6.45) is 14.2. The molecule has 29 heavy (non-hydrogen) atoms. The van der Waals surface area contributed by atoms with Crippen LogP contribution in [0.2, 0.25) is 0 Å². The molecule has 1 saturated heterocycles. The smallest absolute Gasteiger partial charge is 0.0879 e. The van der Waals surface area contributed by atoms with Gasteiger partial charge in [0.2, 0.25) is 0 Å². The van der Waals surface area contributed by atoms with Crippen LogP contribution in [0.3, 0.4) is 0 Å². The van der Waals surface area contributed by atoms with Gasteiger partial charge in [-0.15, -0.1) is 0 Å². The molecule has 5 fully saturated rings. The third-order valence-electron chi connectivity index (χ3n) is 11.1. The quantitative estimate of drug-likeness (QED) is 0.536. The van der Waals surface area contributed by atoms with Crippen LogP contribution in [-0.2, 0) is 4.74 Å². The van der Waals surface area contributed by atoms with Gasteiger partial charge in [-0.25, -0.2) is 0 Å². The molecule has 4 aliphatic carbocycles. The monoisotopic (exact) mass is 402 g/mol. The normalized spacial score (nSPS) is 54.3. The predicted octanol–water partition coefficient (Wildman–Crippen LogP) is 6.46. The SMILES string of the molecule is CC(C)CCC[C@@H](C)C1CCC2C3C4OC4[C@H]4CC(O)CCC4(C)C3CCC21C. The molecular weight excluding hydrogens is 356 g/mol. The molecule has 166 valence electrons. The Hall–Kier alpha value is -0.0800. The van der Waals surface area contributed by atoms with E-state index in [9.17, 15) is 5.11 Å². The fourth-order valence-corrected chi connectivity index (χ4v) is 9.53. The molecule has 0 spiro atoms. The van der Waals surface area contributed by atoms with Gasteiger partial charge in [-0.3, -0.25) is 0 Å². The minimum absolute atomic E-state index is 0.0779. The number of aliphatic hydroxyl groups is 1. The highest BCUT2D eigenvalue weighted by atomic mass is 16.6. The summed E-state index contributed by atoms with van der Waals surface area (Å²) in [6.45, 7) is 12.6. The van der Waals surface area contributed by atoms with E-state index >= 15 is 0 Å². The zero-order valence-corrected chi connectivity index (χ0v) is 19.7. The summed E-state index contributed by atoms with van der Waals surface area (Å²) in [5.41, 5.74) is 0.968. The van der Waals surface area contributed by atoms with Crippen molar-refractivity contribution in [3.63, 3.8) is 0 Å². The molecule has 2 heteroatoms. The first-order chi connectivity index (χ1) is 13.8. The second-order valence-electron chi connectivity index (χ2n) is 12.9. The maximum absolute atomic E-state index is 10.3. The first-order valence-electron chi connectivity index (χ1n) is 13.1. The summed E-state index contributed by atoms with van der Waals surface area (Å²) < 4.78 is 6.46. The Balaban J connectivity index is 1.34. The van der Waals surface area contributed by atoms with Crippen LogP contribution < -0.4 is 0 Å². The molecule has 9 unspecified atom stereocenters. The fourth-order valence-electron chi connectivity index (χ4n) is 9.53. The number of aliphatic hydroxyl groups excluding tert-OH is 1. The highest BCUT2D eigenvalue weighted by Gasteiger charge is 2.70. The first-order valence-corrected chi connectivity index (χ1v) is 13.1. The van der Waals surface area contributed by atoms with Crippen molar-refractivity contribution < 1.29 is 9.84 Å². The molecule has 1 aliphatic heterocycles. The van der Waals surface area contributed by atoms with Crippen LogP contribution in [-0.4, -0.2) is 23.4 Å². The molecule has 5 rings (SSSR count). The zero-order valence-electron chi connectivity index (χ0n) is 19.7. The van der Waals surface area contributed by atoms with Crippen LogP contribution in [0, 0.1) is 52.3 Å². The van der Waals surface area contributed by atoms with E-state index in [4.69, 9.17) is 4.74 Å². The summed E-state index contributed by atoms with van der Waals surface area (Å²) >= 11 is 0. The highest BCUT2D eigenvalue weighted by Crippen LogP contribution is 2.71. The number of hydrogen-bond donors (Lipinski definition) is 1. The lowest BCUT2D eigenvalue weighted by molar-refractivity contribution is -0.115. The van der Waals surface area contributed by atoms with Gasteiger partial charge in [0, 0.05) is 0 Å². The zero-order chi connectivity index (χ0) is 20.6. The van der Waals surface area contributed by atoms with E-state index in [1.54, 1.807) is 0 Å². The Kier molecular flexibility index (Phi) is 5.18. The Labute approximate surface area is 179 Å². The summed E-state index contributed by atoms with van der Waals surface area (Å²) in [5, 5.41) is 10.3. The summed E-state index contributed by atoms with van der Waals surface area (Å²) in [6, 6.07) is 0. The largest absolute Gasteiger partial charge is 0.393 e. The topological polar surface area (TPSA) is 32.8 Å². The molecule has 0 aromatic carbocycles. The molecule has 11 atom stereocenters. The molecule has 0 aromatic heterocycles. The Bertz CT molecular complexity index is 616. The van der Waals surface area contributed by atoms with Crippen molar-refractivity contribution in [3.8, 4) is 0 Å². The van der Waals surface area contributed by atoms with Gasteiger partial charge in [-0.1, -0.05) is 53.9 Å². The van der Waals surface area contributed by atoms with Gasteiger partial charge in [-0.05, 0) is 97.2 Å². The second-order valence-corrected chi connectivity index (χ2v) is 12.9. The molecule has 0 aromatic rings. The highest BCUT2D eigenvalue weighted by molar-refractivity contribution is 5.18. The van der Waals surface area contributed by atoms with Crippen molar-refractivity contribution in [3.05, 3.63) is 0 Å². The van der Waals surface area contributed by atoms with Crippen molar-refractivity contribution in [1.29, 1.82) is 0 Å². The Morgan fingerprint density at radius 1 is 0.862 bits per heavy atom. The third-order valence-corrected chi connectivity index (χ3v) is 11.1. The lowest BCUT2D eigenvalue weighted by Gasteiger charge is -2.59. The van der Waals surface area contributed by atoms with Crippen LogP contribution >= 0.6 is 0 Å². The summed E-state index contributed by atoms with van der Waals surface area (Å²) in [5.74, 6) is 5.82. The fraction of sp³-hybridized carbons (Fsp3) is 1.00. The lowest BCUT2D eigenvalue weighted by atomic mass is 9.44. The standard InChI is InChI=1S/C27H46O2/c1-16(2)7-6-8-17(3)19-9-10-20-23-21(12-14-26(19,20)4)27(5)13-11-18(28)15-22(27)24-25(23)29-24/h16-25,28H,6-15H2,1-5H3/t17-,18?,19?,20?,21?,22-,23?,24?,25?,26?,27?/m1/s1. The first kappa shape index (κ1) is 20.8. The summed E-state index contributed by atoms with van der Waals surface area (Å²) in [4.78, 5) is 0. The number of fused-ring (bicyclic) bond motifs is 8. The van der Waals surface area contributed by atoms with Gasteiger partial charge in [-0.2, -0.15) is 0 Å². The van der Waals surface area contributed by atoms with Crippen molar-refractivity contribution in [2.45, 2.75) is 117 Å². The van der Waals surface area contributed by atoms with Gasteiger partial charge in [0.1, 0.15) is 0 Å². The minimum Gasteiger partial charge on any atom is -0.393 e. The van der Waals surface area contributed by atoms with E-state index in [1.807, 2.05) is 0 Å². The van der Waals surface area contributed by atoms with Crippen LogP contribution in [0.4, 0.5) is 0 Å². The molecule has 0 bridgehead atoms. The average Bonchev–Trinajstić information content (AvgIpc) is 3.37. The number of ether oxygens (including phenoxy) is 1. The molecule has 0 amide bonds. The number of epoxide rings is 1. The van der Waals surface area contributed by atoms with Gasteiger partial charge in [0.25, 0.3) is 0 Å². The summed E-state index contributed by atoms with van der Waals surface area (Å²) in [7, 11) is 0. The maximum Gasteiger partial charge on any atom is 0.0879 e. The molecule has 2 nitrogen and oxygen atoms in total. The molecule has 4 saturated carbocycles. The maximum atomic E-state index is 10.3. The molecule has 0 radical (unpaired) electrons. The van der Waals surface area contributed by atoms with Crippen LogP contribution in [0.25, 0.3) is 0 Å². The van der Waals surface area contributed by atoms with Gasteiger partial charge >= 0.3 is 0 Å². The van der Waals surface area contributed by atoms with E-state index in [2.05, 4.69) is 34.6 Å². The minimum atomic E-state index is -0.0779. The number of rotatable bonds is 5. The van der Waals surface area contributed by atoms with Crippen LogP contribution in [0.5, 0.6) is 0 Å². The Morgan fingerprint density at radius 3 is 2.34 bits per heavy atom. The van der Waals surface area contributed by atoms with E-state index in [-0.39, 0.29) is 6.10 Å². The van der Waals surface area contributed by atoms with Crippen molar-refractivity contribution in [2.24, 2.45) is 52.3 Å². The van der Waals surface area contributed by atoms with E-state index in [1.165, 1.54) is 51.4 Å². The molecule has 5 aliphatic rings. The average molecular weight is 403 g/mol. The van der Waals surface area contributed by atoms with Crippen LogP contribution in [0.15, 0.2) is 0 Å². The second kappa shape index (κ2) is 7.22. The molecule has 1 N–H and O–H groups in total. The third kappa shape index (κ3) is 3.17. The molecular formula is C27H46O2. The van der Waals surface area contributed by atoms with Crippen molar-refractivity contribution in [1.82, 2.24) is 0 Å². The Morgan fingerprint density at radius 2 is 1.59 bits per heavy atom.